The van der Waals surface area contributed by atoms with E-state index in [4.69, 9.17) is 118 Å². The van der Waals surface area contributed by atoms with Crippen molar-refractivity contribution in [3.8, 4) is 17.2 Å². The van der Waals surface area contributed by atoms with E-state index >= 15 is 0 Å². The maximum Gasteiger partial charge on any atom is 0.647 e. The predicted octanol–water partition coefficient (Wildman–Crippen LogP) is 12.1. The lowest BCUT2D eigenvalue weighted by Gasteiger charge is -2.23. The van der Waals surface area contributed by atoms with Gasteiger partial charge >= 0.3 is 7.82 Å². The van der Waals surface area contributed by atoms with Gasteiger partial charge in [-0.2, -0.15) is 4.57 Å². The van der Waals surface area contributed by atoms with Crippen molar-refractivity contribution in [3.05, 3.63) is 80.1 Å². The molecule has 0 amide bonds. The van der Waals surface area contributed by atoms with Crippen LogP contribution in [0, 0.1) is 20.8 Å². The summed E-state index contributed by atoms with van der Waals surface area (Å²) in [7, 11) is -4.69. The fourth-order valence-corrected chi connectivity index (χ4v) is 6.03. The van der Waals surface area contributed by atoms with Gasteiger partial charge in [-0.3, -0.25) is 0 Å². The number of halogens is 9. The zero-order valence-corrected chi connectivity index (χ0v) is 25.4. The largest absolute Gasteiger partial charge is 0.647 e. The molecule has 4 nitrogen and oxygen atoms in total. The number of phosphoric ester groups is 1. The van der Waals surface area contributed by atoms with Crippen LogP contribution < -0.4 is 13.6 Å². The molecule has 0 aliphatic carbocycles. The van der Waals surface area contributed by atoms with Crippen LogP contribution in [0.15, 0.2) is 18.2 Å². The van der Waals surface area contributed by atoms with E-state index in [0.717, 1.165) is 0 Å². The summed E-state index contributed by atoms with van der Waals surface area (Å²) < 4.78 is 31.0. The maximum absolute atomic E-state index is 14.0. The minimum absolute atomic E-state index is 0.0262. The first-order valence-corrected chi connectivity index (χ1v) is 14.1. The van der Waals surface area contributed by atoms with Crippen molar-refractivity contribution in [2.45, 2.75) is 20.8 Å². The van der Waals surface area contributed by atoms with Crippen LogP contribution in [0.4, 0.5) is 0 Å². The topological polar surface area (TPSA) is 44.8 Å². The van der Waals surface area contributed by atoms with Gasteiger partial charge in [0.05, 0.1) is 30.1 Å². The van der Waals surface area contributed by atoms with Crippen molar-refractivity contribution >= 4 is 112 Å². The number of aryl methyl sites for hydroxylation is 3. The van der Waals surface area contributed by atoms with Crippen LogP contribution in [0.2, 0.25) is 45.2 Å². The van der Waals surface area contributed by atoms with Crippen LogP contribution in [-0.2, 0) is 4.57 Å². The molecule has 0 bridgehead atoms. The highest BCUT2D eigenvalue weighted by Gasteiger charge is 2.37. The molecule has 14 heteroatoms. The third-order valence-electron chi connectivity index (χ3n) is 4.52. The summed E-state index contributed by atoms with van der Waals surface area (Å²) in [4.78, 5) is 0. The fraction of sp³-hybridized carbons (Fsp3) is 0.143. The maximum atomic E-state index is 14.0. The Morgan fingerprint density at radius 1 is 0.457 bits per heavy atom. The zero-order valence-electron chi connectivity index (χ0n) is 17.7. The molecule has 0 spiro atoms. The standard InChI is InChI=1S/C21H12Cl9O4P/c1-7-4-10(16(25)19(28)13(7)22)32-35(31,33-11-5-8(2)14(23)20(29)17(11)26)34-12-6-9(3)15(24)21(30)18(12)27/h4-6H,1-3H3. The van der Waals surface area contributed by atoms with Crippen LogP contribution in [0.5, 0.6) is 17.2 Å². The first-order chi connectivity index (χ1) is 16.2. The van der Waals surface area contributed by atoms with Gasteiger partial charge in [0.25, 0.3) is 0 Å². The summed E-state index contributed by atoms with van der Waals surface area (Å²) in [5.74, 6) is -0.451. The normalized spacial score (nSPS) is 11.5. The molecule has 188 valence electrons. The molecule has 0 N–H and O–H groups in total. The minimum Gasteiger partial charge on any atom is -0.384 e. The van der Waals surface area contributed by atoms with Crippen molar-refractivity contribution in [3.63, 3.8) is 0 Å². The summed E-state index contributed by atoms with van der Waals surface area (Å²) in [5.41, 5.74) is 1.44. The van der Waals surface area contributed by atoms with Crippen LogP contribution in [0.1, 0.15) is 16.7 Å². The molecular formula is C21H12Cl9O4P. The van der Waals surface area contributed by atoms with Gasteiger partial charge < -0.3 is 13.6 Å². The lowest BCUT2D eigenvalue weighted by atomic mass is 10.2. The number of hydrogen-bond donors (Lipinski definition) is 0. The minimum atomic E-state index is -4.69. The van der Waals surface area contributed by atoms with E-state index in [1.165, 1.54) is 18.2 Å². The molecule has 3 aromatic rings. The third kappa shape index (κ3) is 6.15. The zero-order chi connectivity index (χ0) is 26.4. The van der Waals surface area contributed by atoms with Gasteiger partial charge in [0.2, 0.25) is 0 Å². The molecule has 0 saturated heterocycles. The molecule has 0 fully saturated rings. The Balaban J connectivity index is 2.18. The Morgan fingerprint density at radius 3 is 0.914 bits per heavy atom. The fourth-order valence-electron chi connectivity index (χ4n) is 2.72. The monoisotopic (exact) mass is 674 g/mol. The lowest BCUT2D eigenvalue weighted by molar-refractivity contribution is 0.298. The molecule has 0 heterocycles. The Morgan fingerprint density at radius 2 is 0.686 bits per heavy atom. The molecule has 0 unspecified atom stereocenters. The van der Waals surface area contributed by atoms with Crippen LogP contribution >= 0.6 is 112 Å². The predicted molar refractivity (Wildman–Crippen MR) is 148 cm³/mol. The Hall–Kier alpha value is -0.1000. The molecule has 3 rings (SSSR count). The summed E-state index contributed by atoms with van der Waals surface area (Å²) in [5, 5.41) is 0.0728. The van der Waals surface area contributed by atoms with Crippen molar-refractivity contribution < 1.29 is 18.1 Å². The Bertz CT molecular complexity index is 1230. The summed E-state index contributed by atoms with van der Waals surface area (Å²) in [6, 6.07) is 4.21. The van der Waals surface area contributed by atoms with Gasteiger partial charge in [0, 0.05) is 0 Å². The van der Waals surface area contributed by atoms with E-state index in [9.17, 15) is 4.57 Å². The van der Waals surface area contributed by atoms with Gasteiger partial charge in [0.15, 0.2) is 17.2 Å². The third-order valence-corrected chi connectivity index (χ3v) is 10.1. The van der Waals surface area contributed by atoms with Crippen molar-refractivity contribution in [2.24, 2.45) is 0 Å². The van der Waals surface area contributed by atoms with E-state index in [1.54, 1.807) is 20.8 Å². The van der Waals surface area contributed by atoms with Crippen molar-refractivity contribution in [2.75, 3.05) is 0 Å². The van der Waals surface area contributed by atoms with Gasteiger partial charge in [0.1, 0.15) is 15.1 Å². The van der Waals surface area contributed by atoms with E-state index in [-0.39, 0.29) is 62.5 Å². The first kappa shape index (κ1) is 29.5. The average Bonchev–Trinajstić information content (AvgIpc) is 2.80. The Labute approximate surface area is 246 Å². The second kappa shape index (κ2) is 11.3. The summed E-state index contributed by atoms with van der Waals surface area (Å²) in [6.07, 6.45) is 0. The van der Waals surface area contributed by atoms with Crippen LogP contribution in [-0.4, -0.2) is 0 Å². The summed E-state index contributed by atoms with van der Waals surface area (Å²) in [6.45, 7) is 4.92. The Kier molecular flexibility index (Phi) is 9.54. The molecular weight excluding hydrogens is 666 g/mol. The molecule has 0 aliphatic heterocycles. The molecule has 3 aromatic carbocycles. The number of rotatable bonds is 6. The average molecular weight is 678 g/mol. The van der Waals surface area contributed by atoms with E-state index < -0.39 is 7.82 Å². The molecule has 0 aliphatic rings. The van der Waals surface area contributed by atoms with Gasteiger partial charge in [-0.25, -0.2) is 0 Å². The smallest absolute Gasteiger partial charge is 0.384 e. The van der Waals surface area contributed by atoms with Crippen LogP contribution in [0.3, 0.4) is 0 Å². The van der Waals surface area contributed by atoms with Gasteiger partial charge in [-0.05, 0) is 55.7 Å². The highest BCUT2D eigenvalue weighted by Crippen LogP contribution is 2.56. The van der Waals surface area contributed by atoms with Crippen molar-refractivity contribution in [1.29, 1.82) is 0 Å². The number of hydrogen-bond acceptors (Lipinski definition) is 4. The van der Waals surface area contributed by atoms with Gasteiger partial charge in [-0.1, -0.05) is 104 Å². The molecule has 0 atom stereocenters. The molecule has 0 aromatic heterocycles. The van der Waals surface area contributed by atoms with Crippen LogP contribution in [0.25, 0.3) is 0 Å². The molecule has 0 radical (unpaired) electrons. The van der Waals surface area contributed by atoms with E-state index in [0.29, 0.717) is 16.7 Å². The van der Waals surface area contributed by atoms with E-state index in [2.05, 4.69) is 0 Å². The van der Waals surface area contributed by atoms with E-state index in [1.807, 2.05) is 0 Å². The highest BCUT2D eigenvalue weighted by molar-refractivity contribution is 7.49. The SMILES string of the molecule is Cc1cc(OP(=O)(Oc2cc(C)c(Cl)c(Cl)c2Cl)Oc2cc(C)c(Cl)c(Cl)c2Cl)c(Cl)c(Cl)c1Cl. The number of phosphoric acid groups is 1. The lowest BCUT2D eigenvalue weighted by Crippen LogP contribution is -2.09. The van der Waals surface area contributed by atoms with Crippen molar-refractivity contribution in [1.82, 2.24) is 0 Å². The summed E-state index contributed by atoms with van der Waals surface area (Å²) >= 11 is 55.8. The second-order valence-corrected chi connectivity index (χ2v) is 12.0. The highest BCUT2D eigenvalue weighted by atomic mass is 35.5. The number of benzene rings is 3. The second-order valence-electron chi connectivity index (χ2n) is 7.12. The molecule has 0 saturated carbocycles. The quantitative estimate of drug-likeness (QED) is 0.192. The first-order valence-electron chi connectivity index (χ1n) is 9.28. The van der Waals surface area contributed by atoms with Gasteiger partial charge in [-0.15, -0.1) is 0 Å². The molecule has 35 heavy (non-hydrogen) atoms.